The topological polar surface area (TPSA) is 92.2 Å². The average molecular weight is 641 g/mol. The van der Waals surface area contributed by atoms with E-state index in [4.69, 9.17) is 19.6 Å². The molecule has 1 amide bonds. The molecule has 3 N–H and O–H groups in total. The van der Waals surface area contributed by atoms with Crippen molar-refractivity contribution >= 4 is 27.7 Å². The van der Waals surface area contributed by atoms with Crippen molar-refractivity contribution in [2.75, 3.05) is 13.2 Å². The molecule has 1 aliphatic heterocycles. The number of benzene rings is 4. The van der Waals surface area contributed by atoms with Gasteiger partial charge in [0.1, 0.15) is 5.75 Å². The van der Waals surface area contributed by atoms with Crippen LogP contribution in [0, 0.1) is 0 Å². The summed E-state index contributed by atoms with van der Waals surface area (Å²) in [5.74, 6) is 0.854. The molecule has 4 aromatic carbocycles. The molecule has 43 heavy (non-hydrogen) atoms. The molecule has 1 saturated carbocycles. The summed E-state index contributed by atoms with van der Waals surface area (Å²) in [6.45, 7) is 0.507. The Bertz CT molecular complexity index is 1560. The highest BCUT2D eigenvalue weighted by molar-refractivity contribution is 9.10. The van der Waals surface area contributed by atoms with Crippen LogP contribution in [0.25, 0.3) is 11.1 Å². The van der Waals surface area contributed by atoms with Crippen LogP contribution in [-0.4, -0.2) is 41.7 Å². The van der Waals surface area contributed by atoms with Crippen LogP contribution >= 0.6 is 15.9 Å². The van der Waals surface area contributed by atoms with Gasteiger partial charge in [-0.3, -0.25) is 10.2 Å². The molecule has 0 unspecified atom stereocenters. The molecule has 2 atom stereocenters. The molecule has 6 rings (SSSR count). The van der Waals surface area contributed by atoms with E-state index in [1.54, 1.807) is 0 Å². The number of hydrogen-bond donors (Lipinski definition) is 3. The lowest BCUT2D eigenvalue weighted by Crippen LogP contribution is -2.54. The number of hydrogen-bond acceptors (Lipinski definition) is 6. The summed E-state index contributed by atoms with van der Waals surface area (Å²) < 4.78 is 13.3. The zero-order valence-electron chi connectivity index (χ0n) is 23.7. The molecule has 0 spiro atoms. The van der Waals surface area contributed by atoms with E-state index >= 15 is 0 Å². The largest absolute Gasteiger partial charge is 0.494 e. The highest BCUT2D eigenvalue weighted by Crippen LogP contribution is 2.43. The van der Waals surface area contributed by atoms with Crippen molar-refractivity contribution in [1.82, 2.24) is 10.9 Å². The van der Waals surface area contributed by atoms with Crippen LogP contribution in [0.15, 0.2) is 113 Å². The molecule has 220 valence electrons. The first-order valence-electron chi connectivity index (χ1n) is 14.6. The minimum Gasteiger partial charge on any atom is -0.494 e. The number of aliphatic imine (C=N–C) groups is 1. The van der Waals surface area contributed by atoms with E-state index in [9.17, 15) is 4.79 Å². The predicted octanol–water partition coefficient (Wildman–Crippen LogP) is 6.16. The van der Waals surface area contributed by atoms with Gasteiger partial charge >= 0.3 is 0 Å². The maximum absolute atomic E-state index is 14.2. The third-order valence-electron chi connectivity index (χ3n) is 7.70. The Balaban J connectivity index is 1.38. The molecular formula is C35H34BrN3O4. The fourth-order valence-electron chi connectivity index (χ4n) is 5.18. The van der Waals surface area contributed by atoms with Crippen molar-refractivity contribution in [2.24, 2.45) is 4.99 Å². The fourth-order valence-corrected chi connectivity index (χ4v) is 5.44. The molecule has 0 radical (unpaired) electrons. The van der Waals surface area contributed by atoms with Crippen molar-refractivity contribution in [3.05, 3.63) is 124 Å². The number of nitrogens with zero attached hydrogens (tertiary/aromatic N) is 1. The molecule has 2 aliphatic rings. The van der Waals surface area contributed by atoms with Crippen molar-refractivity contribution in [2.45, 2.75) is 43.4 Å². The van der Waals surface area contributed by atoms with Crippen molar-refractivity contribution in [3.63, 3.8) is 0 Å². The number of rotatable bonds is 12. The van der Waals surface area contributed by atoms with Crippen LogP contribution in [0.1, 0.15) is 42.1 Å². The highest BCUT2D eigenvalue weighted by atomic mass is 79.9. The minimum atomic E-state index is -1.27. The molecule has 1 heterocycles. The molecule has 0 bridgehead atoms. The Labute approximate surface area is 260 Å². The lowest BCUT2D eigenvalue weighted by molar-refractivity contribution is -0.130. The summed E-state index contributed by atoms with van der Waals surface area (Å²) in [6.07, 6.45) is 2.29. The number of amides is 1. The number of aliphatic hydroxyl groups excluding tert-OH is 1. The van der Waals surface area contributed by atoms with Crippen LogP contribution in [0.2, 0.25) is 0 Å². The first-order chi connectivity index (χ1) is 21.0. The van der Waals surface area contributed by atoms with Gasteiger partial charge in [0.2, 0.25) is 5.90 Å². The molecule has 8 heteroatoms. The standard InChI is InChI=1S/C35H34BrN3O4/c36-29-15-7-24(8-16-29)23-35(34(41)39-38-30-17-18-30)32(27-11-9-26(10-12-27)25-5-2-1-3-6-25)43-33(37-35)28-13-19-31(20-14-28)42-22-4-21-40/h1-3,5-16,19-20,30,32,38,40H,4,17-18,21-23H2,(H,39,41)/t32-,35-/m0/s1. The van der Waals surface area contributed by atoms with Gasteiger partial charge in [-0.2, -0.15) is 0 Å². The Hall–Kier alpha value is -3.98. The lowest BCUT2D eigenvalue weighted by Gasteiger charge is -2.31. The van der Waals surface area contributed by atoms with E-state index in [2.05, 4.69) is 51.0 Å². The molecule has 1 fully saturated rings. The number of hydrazine groups is 1. The third kappa shape index (κ3) is 6.82. The fraction of sp³-hybridized carbons (Fsp3) is 0.257. The SMILES string of the molecule is O=C(NNC1CC1)[C@@]1(Cc2ccc(Br)cc2)N=C(c2ccc(OCCCO)cc2)O[C@H]1c1ccc(-c2ccccc2)cc1. The maximum atomic E-state index is 14.2. The van der Waals surface area contributed by atoms with E-state index in [0.29, 0.717) is 31.1 Å². The van der Waals surface area contributed by atoms with E-state index in [1.165, 1.54) is 0 Å². The summed E-state index contributed by atoms with van der Waals surface area (Å²) >= 11 is 3.52. The molecule has 0 saturated heterocycles. The Morgan fingerprint density at radius 3 is 2.26 bits per heavy atom. The first kappa shape index (κ1) is 29.1. The molecule has 0 aromatic heterocycles. The van der Waals surface area contributed by atoms with Gasteiger partial charge in [0.05, 0.1) is 6.61 Å². The van der Waals surface area contributed by atoms with Gasteiger partial charge in [0.15, 0.2) is 11.6 Å². The summed E-state index contributed by atoms with van der Waals surface area (Å²) in [4.78, 5) is 19.3. The zero-order chi connectivity index (χ0) is 29.6. The number of carbonyl (C=O) groups is 1. The van der Waals surface area contributed by atoms with Crippen LogP contribution in [0.3, 0.4) is 0 Å². The number of nitrogens with one attached hydrogen (secondary N) is 2. The Kier molecular flexibility index (Phi) is 8.88. The molecule has 1 aliphatic carbocycles. The monoisotopic (exact) mass is 639 g/mol. The van der Waals surface area contributed by atoms with E-state index in [-0.39, 0.29) is 18.6 Å². The van der Waals surface area contributed by atoms with Crippen LogP contribution in [-0.2, 0) is 16.0 Å². The lowest BCUT2D eigenvalue weighted by atomic mass is 9.82. The molecule has 7 nitrogen and oxygen atoms in total. The van der Waals surface area contributed by atoms with Gasteiger partial charge in [-0.1, -0.05) is 82.7 Å². The first-order valence-corrected chi connectivity index (χ1v) is 15.4. The number of halogens is 1. The van der Waals surface area contributed by atoms with Gasteiger partial charge in [0.25, 0.3) is 5.91 Å². The van der Waals surface area contributed by atoms with Gasteiger partial charge in [0, 0.05) is 35.5 Å². The van der Waals surface area contributed by atoms with E-state index in [0.717, 1.165) is 45.1 Å². The quantitative estimate of drug-likeness (QED) is 0.128. The second kappa shape index (κ2) is 13.1. The maximum Gasteiger partial charge on any atom is 0.266 e. The second-order valence-corrected chi connectivity index (χ2v) is 11.9. The van der Waals surface area contributed by atoms with E-state index in [1.807, 2.05) is 78.9 Å². The van der Waals surface area contributed by atoms with Gasteiger partial charge in [-0.25, -0.2) is 10.4 Å². The summed E-state index contributed by atoms with van der Waals surface area (Å²) in [6, 6.07) is 34.1. The zero-order valence-corrected chi connectivity index (χ0v) is 25.3. The number of ether oxygens (including phenoxy) is 2. The minimum absolute atomic E-state index is 0.0779. The molecule has 4 aromatic rings. The van der Waals surface area contributed by atoms with Crippen LogP contribution in [0.5, 0.6) is 5.75 Å². The van der Waals surface area contributed by atoms with Crippen LogP contribution < -0.4 is 15.6 Å². The second-order valence-electron chi connectivity index (χ2n) is 11.0. The normalized spacial score (nSPS) is 19.4. The van der Waals surface area contributed by atoms with Gasteiger partial charge in [-0.15, -0.1) is 0 Å². The van der Waals surface area contributed by atoms with Gasteiger partial charge < -0.3 is 14.6 Å². The average Bonchev–Trinajstić information content (AvgIpc) is 3.81. The molecular weight excluding hydrogens is 606 g/mol. The van der Waals surface area contributed by atoms with Crippen LogP contribution in [0.4, 0.5) is 0 Å². The Morgan fingerprint density at radius 2 is 1.58 bits per heavy atom. The van der Waals surface area contributed by atoms with Crippen molar-refractivity contribution < 1.29 is 19.4 Å². The highest BCUT2D eigenvalue weighted by Gasteiger charge is 2.53. The Morgan fingerprint density at radius 1 is 0.907 bits per heavy atom. The number of aliphatic hydroxyl groups is 1. The predicted molar refractivity (Wildman–Crippen MR) is 171 cm³/mol. The third-order valence-corrected chi connectivity index (χ3v) is 8.23. The van der Waals surface area contributed by atoms with Crippen molar-refractivity contribution in [1.29, 1.82) is 0 Å². The summed E-state index contributed by atoms with van der Waals surface area (Å²) in [5, 5.41) is 9.06. The van der Waals surface area contributed by atoms with E-state index < -0.39 is 11.6 Å². The number of carbonyl (C=O) groups excluding carboxylic acids is 1. The summed E-state index contributed by atoms with van der Waals surface area (Å²) in [5.41, 5.74) is 9.67. The smallest absolute Gasteiger partial charge is 0.266 e. The van der Waals surface area contributed by atoms with Gasteiger partial charge in [-0.05, 0) is 71.5 Å². The van der Waals surface area contributed by atoms with Crippen molar-refractivity contribution in [3.8, 4) is 16.9 Å². The summed E-state index contributed by atoms with van der Waals surface area (Å²) in [7, 11) is 0.